The van der Waals surface area contributed by atoms with Gasteiger partial charge in [-0.2, -0.15) is 0 Å². The van der Waals surface area contributed by atoms with Gasteiger partial charge in [-0.3, -0.25) is 0 Å². The molecule has 1 aromatic rings. The third-order valence-corrected chi connectivity index (χ3v) is 2.01. The smallest absolute Gasteiger partial charge is 0.0821 e. The van der Waals surface area contributed by atoms with Crippen LogP contribution in [0.4, 0.5) is 0 Å². The fraction of sp³-hybridized carbons (Fsp3) is 0.455. The van der Waals surface area contributed by atoms with Crippen LogP contribution in [0.3, 0.4) is 0 Å². The van der Waals surface area contributed by atoms with E-state index in [1.165, 1.54) is 5.56 Å². The topological polar surface area (TPSA) is 9.23 Å². The molecule has 1 unspecified atom stereocenters. The van der Waals surface area contributed by atoms with Crippen LogP contribution in [0.15, 0.2) is 30.3 Å². The summed E-state index contributed by atoms with van der Waals surface area (Å²) in [5, 5.41) is 0. The van der Waals surface area contributed by atoms with E-state index in [1.807, 2.05) is 6.07 Å². The van der Waals surface area contributed by atoms with E-state index in [0.29, 0.717) is 0 Å². The molecule has 1 nitrogen and oxygen atoms in total. The lowest BCUT2D eigenvalue weighted by atomic mass is 10.1. The van der Waals surface area contributed by atoms with Crippen molar-refractivity contribution in [3.8, 4) is 0 Å². The van der Waals surface area contributed by atoms with E-state index in [-0.39, 0.29) is 6.10 Å². The predicted molar refractivity (Wildman–Crippen MR) is 51.1 cm³/mol. The van der Waals surface area contributed by atoms with E-state index in [4.69, 9.17) is 4.74 Å². The zero-order chi connectivity index (χ0) is 8.81. The molecular formula is C11H16O. The van der Waals surface area contributed by atoms with Crippen LogP contribution in [-0.2, 0) is 4.74 Å². The second kappa shape index (κ2) is 4.94. The molecule has 12 heavy (non-hydrogen) atoms. The van der Waals surface area contributed by atoms with Gasteiger partial charge in [-0.1, -0.05) is 43.7 Å². The highest BCUT2D eigenvalue weighted by Crippen LogP contribution is 2.20. The first-order valence-corrected chi connectivity index (χ1v) is 4.46. The molecule has 66 valence electrons. The molecule has 0 amide bonds. The monoisotopic (exact) mass is 164 g/mol. The second-order valence-corrected chi connectivity index (χ2v) is 2.92. The fourth-order valence-corrected chi connectivity index (χ4v) is 1.35. The normalized spacial score (nSPS) is 12.8. The Balaban J connectivity index is 2.66. The van der Waals surface area contributed by atoms with E-state index in [2.05, 4.69) is 31.2 Å². The van der Waals surface area contributed by atoms with E-state index in [0.717, 1.165) is 12.8 Å². The Bertz CT molecular complexity index is 206. The van der Waals surface area contributed by atoms with Crippen LogP contribution >= 0.6 is 0 Å². The SMILES string of the molecule is CCCC(OC)c1ccccc1. The summed E-state index contributed by atoms with van der Waals surface area (Å²) < 4.78 is 5.38. The van der Waals surface area contributed by atoms with E-state index in [1.54, 1.807) is 7.11 Å². The van der Waals surface area contributed by atoms with Gasteiger partial charge in [0.1, 0.15) is 0 Å². The van der Waals surface area contributed by atoms with Crippen molar-refractivity contribution in [2.24, 2.45) is 0 Å². The molecule has 0 aliphatic carbocycles. The largest absolute Gasteiger partial charge is 0.377 e. The number of rotatable bonds is 4. The molecule has 0 saturated heterocycles. The number of benzene rings is 1. The molecule has 1 aromatic carbocycles. The first-order valence-electron chi connectivity index (χ1n) is 4.46. The molecule has 0 radical (unpaired) electrons. The van der Waals surface area contributed by atoms with Gasteiger partial charge in [0.25, 0.3) is 0 Å². The fourth-order valence-electron chi connectivity index (χ4n) is 1.35. The minimum absolute atomic E-state index is 0.274. The molecule has 0 spiro atoms. The van der Waals surface area contributed by atoms with Crippen LogP contribution in [-0.4, -0.2) is 7.11 Å². The molecule has 0 aliphatic rings. The van der Waals surface area contributed by atoms with Gasteiger partial charge in [0.15, 0.2) is 0 Å². The van der Waals surface area contributed by atoms with E-state index in [9.17, 15) is 0 Å². The summed E-state index contributed by atoms with van der Waals surface area (Å²) in [7, 11) is 1.77. The van der Waals surface area contributed by atoms with Crippen molar-refractivity contribution in [3.63, 3.8) is 0 Å². The Morgan fingerprint density at radius 2 is 1.92 bits per heavy atom. The Kier molecular flexibility index (Phi) is 3.81. The van der Waals surface area contributed by atoms with Crippen molar-refractivity contribution in [2.75, 3.05) is 7.11 Å². The third-order valence-electron chi connectivity index (χ3n) is 2.01. The summed E-state index contributed by atoms with van der Waals surface area (Å²) in [5.74, 6) is 0. The maximum Gasteiger partial charge on any atom is 0.0821 e. The Morgan fingerprint density at radius 1 is 1.25 bits per heavy atom. The van der Waals surface area contributed by atoms with E-state index >= 15 is 0 Å². The molecule has 1 atom stereocenters. The van der Waals surface area contributed by atoms with Crippen molar-refractivity contribution >= 4 is 0 Å². The van der Waals surface area contributed by atoms with Crippen LogP contribution in [0.25, 0.3) is 0 Å². The predicted octanol–water partition coefficient (Wildman–Crippen LogP) is 3.17. The Labute approximate surface area is 74.4 Å². The van der Waals surface area contributed by atoms with Gasteiger partial charge in [0.05, 0.1) is 6.10 Å². The molecular weight excluding hydrogens is 148 g/mol. The summed E-state index contributed by atoms with van der Waals surface area (Å²) in [6.07, 6.45) is 2.53. The van der Waals surface area contributed by atoms with Crippen LogP contribution in [0.5, 0.6) is 0 Å². The molecule has 0 aromatic heterocycles. The van der Waals surface area contributed by atoms with Gasteiger partial charge >= 0.3 is 0 Å². The number of hydrogen-bond acceptors (Lipinski definition) is 1. The van der Waals surface area contributed by atoms with Gasteiger partial charge in [-0.25, -0.2) is 0 Å². The first-order chi connectivity index (χ1) is 5.88. The summed E-state index contributed by atoms with van der Waals surface area (Å²) in [6, 6.07) is 10.4. The summed E-state index contributed by atoms with van der Waals surface area (Å²) in [6.45, 7) is 2.18. The summed E-state index contributed by atoms with van der Waals surface area (Å²) in [5.41, 5.74) is 1.28. The van der Waals surface area contributed by atoms with Crippen LogP contribution in [0.2, 0.25) is 0 Å². The van der Waals surface area contributed by atoms with Crippen LogP contribution < -0.4 is 0 Å². The lowest BCUT2D eigenvalue weighted by molar-refractivity contribution is 0.0950. The minimum Gasteiger partial charge on any atom is -0.377 e. The molecule has 0 saturated carbocycles. The second-order valence-electron chi connectivity index (χ2n) is 2.92. The summed E-state index contributed by atoms with van der Waals surface area (Å²) >= 11 is 0. The molecule has 1 heteroatoms. The van der Waals surface area contributed by atoms with Crippen LogP contribution in [0, 0.1) is 0 Å². The highest BCUT2D eigenvalue weighted by Gasteiger charge is 2.06. The van der Waals surface area contributed by atoms with Gasteiger partial charge in [0, 0.05) is 7.11 Å². The van der Waals surface area contributed by atoms with Crippen LogP contribution in [0.1, 0.15) is 31.4 Å². The molecule has 0 N–H and O–H groups in total. The van der Waals surface area contributed by atoms with Crippen molar-refractivity contribution in [1.29, 1.82) is 0 Å². The average Bonchev–Trinajstić information content (AvgIpc) is 2.15. The van der Waals surface area contributed by atoms with Crippen molar-refractivity contribution in [2.45, 2.75) is 25.9 Å². The average molecular weight is 164 g/mol. The molecule has 0 aliphatic heterocycles. The highest BCUT2D eigenvalue weighted by atomic mass is 16.5. The van der Waals surface area contributed by atoms with E-state index < -0.39 is 0 Å². The first kappa shape index (κ1) is 9.27. The lowest BCUT2D eigenvalue weighted by Gasteiger charge is -2.13. The molecule has 1 rings (SSSR count). The van der Waals surface area contributed by atoms with Crippen molar-refractivity contribution in [3.05, 3.63) is 35.9 Å². The molecule has 0 bridgehead atoms. The van der Waals surface area contributed by atoms with Gasteiger partial charge in [-0.05, 0) is 12.0 Å². The Morgan fingerprint density at radius 3 is 2.42 bits per heavy atom. The third kappa shape index (κ3) is 2.35. The number of hydrogen-bond donors (Lipinski definition) is 0. The lowest BCUT2D eigenvalue weighted by Crippen LogP contribution is -1.99. The molecule has 0 fully saturated rings. The number of methoxy groups -OCH3 is 1. The van der Waals surface area contributed by atoms with Gasteiger partial charge in [-0.15, -0.1) is 0 Å². The standard InChI is InChI=1S/C11H16O/c1-3-7-11(12-2)10-8-5-4-6-9-10/h4-6,8-9,11H,3,7H2,1-2H3. The molecule has 0 heterocycles. The maximum absolute atomic E-state index is 5.38. The zero-order valence-electron chi connectivity index (χ0n) is 7.79. The van der Waals surface area contributed by atoms with Gasteiger partial charge in [0.2, 0.25) is 0 Å². The summed E-state index contributed by atoms with van der Waals surface area (Å²) in [4.78, 5) is 0. The highest BCUT2D eigenvalue weighted by molar-refractivity contribution is 5.17. The van der Waals surface area contributed by atoms with Gasteiger partial charge < -0.3 is 4.74 Å². The minimum atomic E-state index is 0.274. The van der Waals surface area contributed by atoms with Crippen molar-refractivity contribution < 1.29 is 4.74 Å². The van der Waals surface area contributed by atoms with Crippen molar-refractivity contribution in [1.82, 2.24) is 0 Å². The number of ether oxygens (including phenoxy) is 1. The Hall–Kier alpha value is -0.820. The quantitative estimate of drug-likeness (QED) is 0.664. The maximum atomic E-state index is 5.38. The zero-order valence-corrected chi connectivity index (χ0v) is 7.79.